The van der Waals surface area contributed by atoms with Crippen molar-refractivity contribution < 1.29 is 14.3 Å². The first-order chi connectivity index (χ1) is 13.6. The number of carbonyl (C=O) groups excluding carboxylic acids is 2. The van der Waals surface area contributed by atoms with E-state index in [2.05, 4.69) is 41.4 Å². The summed E-state index contributed by atoms with van der Waals surface area (Å²) in [5, 5.41) is 2.99. The maximum Gasteiger partial charge on any atom is 0.257 e. The van der Waals surface area contributed by atoms with Gasteiger partial charge in [0.25, 0.3) is 5.91 Å². The molecule has 2 aromatic carbocycles. The molecule has 1 aliphatic rings. The number of ether oxygens (including phenoxy) is 1. The van der Waals surface area contributed by atoms with Crippen molar-refractivity contribution in [3.63, 3.8) is 0 Å². The van der Waals surface area contributed by atoms with Gasteiger partial charge >= 0.3 is 0 Å². The van der Waals surface area contributed by atoms with Gasteiger partial charge < -0.3 is 10.1 Å². The van der Waals surface area contributed by atoms with Gasteiger partial charge in [0.1, 0.15) is 5.75 Å². The molecule has 148 valence electrons. The largest absolute Gasteiger partial charge is 0.484 e. The fraction of sp³-hybridized carbons (Fsp3) is 0.391. The van der Waals surface area contributed by atoms with E-state index < -0.39 is 0 Å². The zero-order valence-electron chi connectivity index (χ0n) is 16.6. The van der Waals surface area contributed by atoms with Crippen LogP contribution >= 0.6 is 0 Å². The highest BCUT2D eigenvalue weighted by Crippen LogP contribution is 2.21. The second-order valence-corrected chi connectivity index (χ2v) is 7.23. The molecule has 0 aliphatic carbocycles. The van der Waals surface area contributed by atoms with Gasteiger partial charge in [-0.15, -0.1) is 0 Å². The third kappa shape index (κ3) is 5.20. The average Bonchev–Trinajstić information content (AvgIpc) is 2.72. The number of hydrogen-bond acceptors (Lipinski definition) is 4. The Morgan fingerprint density at radius 3 is 2.68 bits per heavy atom. The molecule has 1 amide bonds. The van der Waals surface area contributed by atoms with Crippen LogP contribution in [0.15, 0.2) is 48.5 Å². The van der Waals surface area contributed by atoms with Gasteiger partial charge in [0.05, 0.1) is 0 Å². The van der Waals surface area contributed by atoms with Crippen molar-refractivity contribution >= 4 is 11.7 Å². The molecule has 28 heavy (non-hydrogen) atoms. The minimum atomic E-state index is -0.149. The normalized spacial score (nSPS) is 14.8. The minimum Gasteiger partial charge on any atom is -0.484 e. The lowest BCUT2D eigenvalue weighted by Gasteiger charge is -2.35. The predicted octanol–water partition coefficient (Wildman–Crippen LogP) is 3.22. The predicted molar refractivity (Wildman–Crippen MR) is 110 cm³/mol. The highest BCUT2D eigenvalue weighted by Gasteiger charge is 2.22. The standard InChI is InChI=1S/C23H28N2O3/c1-3-21(25-12-11-18-7-4-5-8-20(18)15-25)14-24-23(27)16-28-22-10-6-9-19(13-22)17(2)26/h4-10,13,21H,3,11-12,14-16H2,1-2H3,(H,24,27)/t21-/m1/s1. The topological polar surface area (TPSA) is 58.6 Å². The van der Waals surface area contributed by atoms with Gasteiger partial charge in [-0.3, -0.25) is 14.5 Å². The lowest BCUT2D eigenvalue weighted by atomic mass is 9.98. The van der Waals surface area contributed by atoms with Crippen LogP contribution in [0.4, 0.5) is 0 Å². The lowest BCUT2D eigenvalue weighted by molar-refractivity contribution is -0.123. The van der Waals surface area contributed by atoms with Gasteiger partial charge in [-0.1, -0.05) is 43.3 Å². The number of Topliss-reactive ketones (excluding diaryl/α,β-unsaturated/α-hetero) is 1. The van der Waals surface area contributed by atoms with E-state index >= 15 is 0 Å². The van der Waals surface area contributed by atoms with E-state index in [1.807, 2.05) is 0 Å². The van der Waals surface area contributed by atoms with Gasteiger partial charge in [-0.05, 0) is 43.0 Å². The van der Waals surface area contributed by atoms with E-state index in [9.17, 15) is 9.59 Å². The summed E-state index contributed by atoms with van der Waals surface area (Å²) in [4.78, 5) is 26.1. The zero-order chi connectivity index (χ0) is 19.9. The van der Waals surface area contributed by atoms with Gasteiger partial charge in [0.2, 0.25) is 0 Å². The van der Waals surface area contributed by atoms with Crippen LogP contribution in [0.3, 0.4) is 0 Å². The maximum atomic E-state index is 12.2. The third-order valence-electron chi connectivity index (χ3n) is 5.29. The van der Waals surface area contributed by atoms with Crippen molar-refractivity contribution in [3.8, 4) is 5.75 Å². The highest BCUT2D eigenvalue weighted by atomic mass is 16.5. The van der Waals surface area contributed by atoms with E-state index in [0.717, 1.165) is 25.9 Å². The number of fused-ring (bicyclic) bond motifs is 1. The van der Waals surface area contributed by atoms with Crippen molar-refractivity contribution in [3.05, 3.63) is 65.2 Å². The molecular weight excluding hydrogens is 352 g/mol. The van der Waals surface area contributed by atoms with Gasteiger partial charge in [0.15, 0.2) is 12.4 Å². The van der Waals surface area contributed by atoms with Crippen molar-refractivity contribution in [2.45, 2.75) is 39.3 Å². The molecule has 1 aliphatic heterocycles. The number of amides is 1. The second-order valence-electron chi connectivity index (χ2n) is 7.23. The van der Waals surface area contributed by atoms with E-state index in [-0.39, 0.29) is 18.3 Å². The number of benzene rings is 2. The summed E-state index contributed by atoms with van der Waals surface area (Å²) in [5.41, 5.74) is 3.39. The Morgan fingerprint density at radius 2 is 1.93 bits per heavy atom. The maximum absolute atomic E-state index is 12.2. The fourth-order valence-electron chi connectivity index (χ4n) is 3.60. The summed E-state index contributed by atoms with van der Waals surface area (Å²) in [6, 6.07) is 15.8. The van der Waals surface area contributed by atoms with Crippen LogP contribution in [0.25, 0.3) is 0 Å². The molecule has 0 aromatic heterocycles. The zero-order valence-corrected chi connectivity index (χ0v) is 16.6. The van der Waals surface area contributed by atoms with E-state index in [1.165, 1.54) is 18.1 Å². The van der Waals surface area contributed by atoms with Crippen molar-refractivity contribution in [2.24, 2.45) is 0 Å². The molecule has 0 unspecified atom stereocenters. The minimum absolute atomic E-state index is 0.0243. The number of rotatable bonds is 8. The molecule has 0 saturated carbocycles. The van der Waals surface area contributed by atoms with E-state index in [0.29, 0.717) is 23.9 Å². The SMILES string of the molecule is CC[C@H](CNC(=O)COc1cccc(C(C)=O)c1)N1CCc2ccccc2C1. The number of nitrogens with one attached hydrogen (secondary N) is 1. The van der Waals surface area contributed by atoms with Crippen LogP contribution in [-0.2, 0) is 17.8 Å². The second kappa shape index (κ2) is 9.51. The Morgan fingerprint density at radius 1 is 1.14 bits per heavy atom. The summed E-state index contributed by atoms with van der Waals surface area (Å²) in [7, 11) is 0. The summed E-state index contributed by atoms with van der Waals surface area (Å²) < 4.78 is 5.54. The van der Waals surface area contributed by atoms with Gasteiger partial charge in [-0.25, -0.2) is 0 Å². The molecule has 5 nitrogen and oxygen atoms in total. The molecule has 1 atom stereocenters. The molecule has 0 saturated heterocycles. The Hall–Kier alpha value is -2.66. The number of carbonyl (C=O) groups is 2. The molecule has 3 rings (SSSR count). The molecule has 0 fully saturated rings. The first kappa shape index (κ1) is 20.1. The number of hydrogen-bond donors (Lipinski definition) is 1. The molecule has 0 bridgehead atoms. The molecule has 5 heteroatoms. The van der Waals surface area contributed by atoms with E-state index in [1.54, 1.807) is 24.3 Å². The Bertz CT molecular complexity index is 834. The van der Waals surface area contributed by atoms with E-state index in [4.69, 9.17) is 4.74 Å². The molecule has 0 radical (unpaired) electrons. The molecule has 0 spiro atoms. The summed E-state index contributed by atoms with van der Waals surface area (Å²) in [6.07, 6.45) is 2.03. The monoisotopic (exact) mass is 380 g/mol. The molecule has 1 heterocycles. The molecule has 2 aromatic rings. The fourth-order valence-corrected chi connectivity index (χ4v) is 3.60. The van der Waals surface area contributed by atoms with Crippen LogP contribution in [0, 0.1) is 0 Å². The number of nitrogens with zero attached hydrogens (tertiary/aromatic N) is 1. The number of ketones is 1. The quantitative estimate of drug-likeness (QED) is 0.715. The van der Waals surface area contributed by atoms with Gasteiger partial charge in [-0.2, -0.15) is 0 Å². The highest BCUT2D eigenvalue weighted by molar-refractivity contribution is 5.94. The average molecular weight is 380 g/mol. The van der Waals surface area contributed by atoms with Crippen LogP contribution < -0.4 is 10.1 Å². The smallest absolute Gasteiger partial charge is 0.257 e. The van der Waals surface area contributed by atoms with Crippen LogP contribution in [0.1, 0.15) is 41.8 Å². The van der Waals surface area contributed by atoms with Crippen LogP contribution in [0.5, 0.6) is 5.75 Å². The summed E-state index contributed by atoms with van der Waals surface area (Å²) in [5.74, 6) is 0.357. The molecule has 1 N–H and O–H groups in total. The van der Waals surface area contributed by atoms with Crippen LogP contribution in [0.2, 0.25) is 0 Å². The van der Waals surface area contributed by atoms with Gasteiger partial charge in [0, 0.05) is 31.2 Å². The van der Waals surface area contributed by atoms with Crippen molar-refractivity contribution in [1.29, 1.82) is 0 Å². The van der Waals surface area contributed by atoms with Crippen molar-refractivity contribution in [2.75, 3.05) is 19.7 Å². The third-order valence-corrected chi connectivity index (χ3v) is 5.29. The lowest BCUT2D eigenvalue weighted by Crippen LogP contribution is -2.46. The van der Waals surface area contributed by atoms with Crippen molar-refractivity contribution in [1.82, 2.24) is 10.2 Å². The molecular formula is C23H28N2O3. The van der Waals surface area contributed by atoms with Crippen LogP contribution in [-0.4, -0.2) is 42.3 Å². The summed E-state index contributed by atoms with van der Waals surface area (Å²) >= 11 is 0. The first-order valence-electron chi connectivity index (χ1n) is 9.88. The summed E-state index contributed by atoms with van der Waals surface area (Å²) in [6.45, 7) is 6.16. The first-order valence-corrected chi connectivity index (χ1v) is 9.88. The Kier molecular flexibility index (Phi) is 6.82. The Balaban J connectivity index is 1.48. The Labute approximate surface area is 166 Å².